The summed E-state index contributed by atoms with van der Waals surface area (Å²) >= 11 is 0. The molecule has 0 aliphatic heterocycles. The van der Waals surface area contributed by atoms with Gasteiger partial charge in [-0.15, -0.1) is 0 Å². The molecule has 0 saturated heterocycles. The van der Waals surface area contributed by atoms with E-state index in [1.54, 1.807) is 0 Å². The molecule has 0 aromatic carbocycles. The van der Waals surface area contributed by atoms with Crippen molar-refractivity contribution >= 4 is 24.8 Å². The average Bonchev–Trinajstić information content (AvgIpc) is 1.82. The number of carbonyl (C=O) groups is 1. The van der Waals surface area contributed by atoms with Crippen molar-refractivity contribution < 1.29 is 9.53 Å². The summed E-state index contributed by atoms with van der Waals surface area (Å²) in [6.07, 6.45) is 0.875. The van der Waals surface area contributed by atoms with E-state index in [0.29, 0.717) is 0 Å². The van der Waals surface area contributed by atoms with E-state index in [1.165, 1.54) is 7.11 Å². The Balaban J connectivity index is 0. The summed E-state index contributed by atoms with van der Waals surface area (Å²) in [7, 11) is 1.43. The molecule has 0 spiro atoms. The van der Waals surface area contributed by atoms with Crippen LogP contribution >= 0.6 is 0 Å². The third-order valence-electron chi connectivity index (χ3n) is 1.52. The molecule has 3 heteroatoms. The predicted octanol–water partition coefficient (Wildman–Crippen LogP) is 1.58. The predicted molar refractivity (Wildman–Crippen MR) is 52.4 cm³/mol. The molecule has 0 aliphatic carbocycles. The van der Waals surface area contributed by atoms with Crippen LogP contribution in [0.1, 0.15) is 34.1 Å². The summed E-state index contributed by atoms with van der Waals surface area (Å²) < 4.78 is 4.62. The van der Waals surface area contributed by atoms with Gasteiger partial charge < -0.3 is 4.74 Å². The first kappa shape index (κ1) is 14.6. The number of ether oxygens (including phenoxy) is 1. The van der Waals surface area contributed by atoms with Crippen LogP contribution in [-0.4, -0.2) is 31.9 Å². The normalized spacial score (nSPS) is 13.1. The van der Waals surface area contributed by atoms with Gasteiger partial charge in [-0.25, -0.2) is 0 Å². The van der Waals surface area contributed by atoms with Gasteiger partial charge in [0.1, 0.15) is 0 Å². The molecule has 0 aromatic rings. The molecule has 0 aliphatic rings. The Bertz CT molecular complexity index is 138. The minimum absolute atomic E-state index is 0. The second-order valence-corrected chi connectivity index (χ2v) is 4.19. The molecule has 1 unspecified atom stereocenters. The molecule has 0 saturated carbocycles. The molecule has 0 amide bonds. The van der Waals surface area contributed by atoms with Crippen LogP contribution in [0.15, 0.2) is 0 Å². The topological polar surface area (TPSA) is 26.3 Å². The first-order valence-corrected chi connectivity index (χ1v) is 3.94. The monoisotopic (exact) mass is 166 g/mol. The van der Waals surface area contributed by atoms with E-state index in [0.717, 1.165) is 6.42 Å². The molecule has 68 valence electrons. The SMILES string of the molecule is COC(=O)C(C)CC(C)(C)C.[LiH]. The summed E-state index contributed by atoms with van der Waals surface area (Å²) in [5.41, 5.74) is 0.202. The van der Waals surface area contributed by atoms with Gasteiger partial charge in [0.15, 0.2) is 0 Å². The molecule has 0 fully saturated rings. The van der Waals surface area contributed by atoms with E-state index >= 15 is 0 Å². The van der Waals surface area contributed by atoms with Crippen LogP contribution in [-0.2, 0) is 9.53 Å². The van der Waals surface area contributed by atoms with Crippen LogP contribution in [0.2, 0.25) is 0 Å². The number of rotatable bonds is 2. The molecule has 0 bridgehead atoms. The fourth-order valence-electron chi connectivity index (χ4n) is 1.20. The van der Waals surface area contributed by atoms with Gasteiger partial charge >= 0.3 is 24.8 Å². The van der Waals surface area contributed by atoms with Crippen molar-refractivity contribution in [3.05, 3.63) is 0 Å². The van der Waals surface area contributed by atoms with Crippen LogP contribution in [0.25, 0.3) is 0 Å². The van der Waals surface area contributed by atoms with Gasteiger partial charge in [0.2, 0.25) is 0 Å². The zero-order valence-electron chi connectivity index (χ0n) is 8.10. The molecule has 0 rings (SSSR count). The summed E-state index contributed by atoms with van der Waals surface area (Å²) in [5.74, 6) is -0.0973. The van der Waals surface area contributed by atoms with Gasteiger partial charge in [0.05, 0.1) is 13.0 Å². The summed E-state index contributed by atoms with van der Waals surface area (Å²) in [4.78, 5) is 11.0. The maximum atomic E-state index is 11.0. The maximum absolute atomic E-state index is 11.0. The van der Waals surface area contributed by atoms with Gasteiger partial charge in [0, 0.05) is 0 Å². The Morgan fingerprint density at radius 2 is 1.83 bits per heavy atom. The van der Waals surface area contributed by atoms with Crippen LogP contribution in [0.5, 0.6) is 0 Å². The Morgan fingerprint density at radius 3 is 2.08 bits per heavy atom. The van der Waals surface area contributed by atoms with Gasteiger partial charge in [-0.1, -0.05) is 27.7 Å². The molecule has 2 nitrogen and oxygen atoms in total. The number of carbonyl (C=O) groups excluding carboxylic acids is 1. The quantitative estimate of drug-likeness (QED) is 0.460. The van der Waals surface area contributed by atoms with Crippen LogP contribution in [0.3, 0.4) is 0 Å². The fraction of sp³-hybridized carbons (Fsp3) is 0.889. The molecular weight excluding hydrogens is 147 g/mol. The van der Waals surface area contributed by atoms with Gasteiger partial charge in [0.25, 0.3) is 0 Å². The second kappa shape index (κ2) is 5.67. The van der Waals surface area contributed by atoms with Gasteiger partial charge in [-0.2, -0.15) is 0 Å². The van der Waals surface area contributed by atoms with Crippen molar-refractivity contribution in [1.82, 2.24) is 0 Å². The zero-order chi connectivity index (χ0) is 9.07. The molecular formula is C9H19LiO2. The van der Waals surface area contributed by atoms with Crippen molar-refractivity contribution in [3.63, 3.8) is 0 Å². The van der Waals surface area contributed by atoms with Crippen molar-refractivity contribution in [2.75, 3.05) is 7.11 Å². The van der Waals surface area contributed by atoms with E-state index in [1.807, 2.05) is 6.92 Å². The van der Waals surface area contributed by atoms with Gasteiger partial charge in [-0.05, 0) is 11.8 Å². The zero-order valence-corrected chi connectivity index (χ0v) is 8.10. The Kier molecular flexibility index (Phi) is 6.89. The van der Waals surface area contributed by atoms with E-state index in [-0.39, 0.29) is 36.2 Å². The first-order valence-electron chi connectivity index (χ1n) is 3.94. The van der Waals surface area contributed by atoms with E-state index in [4.69, 9.17) is 0 Å². The van der Waals surface area contributed by atoms with Crippen molar-refractivity contribution in [2.24, 2.45) is 11.3 Å². The number of methoxy groups -OCH3 is 1. The molecule has 0 radical (unpaired) electrons. The summed E-state index contributed by atoms with van der Waals surface area (Å²) in [6.45, 7) is 8.25. The number of hydrogen-bond donors (Lipinski definition) is 0. The van der Waals surface area contributed by atoms with Crippen LogP contribution < -0.4 is 0 Å². The third-order valence-corrected chi connectivity index (χ3v) is 1.52. The number of esters is 1. The average molecular weight is 166 g/mol. The molecule has 1 atom stereocenters. The molecule has 0 heterocycles. The molecule has 0 N–H and O–H groups in total. The van der Waals surface area contributed by atoms with Crippen LogP contribution in [0, 0.1) is 11.3 Å². The molecule has 12 heavy (non-hydrogen) atoms. The van der Waals surface area contributed by atoms with Crippen molar-refractivity contribution in [2.45, 2.75) is 34.1 Å². The fourth-order valence-corrected chi connectivity index (χ4v) is 1.20. The van der Waals surface area contributed by atoms with E-state index < -0.39 is 0 Å². The number of hydrogen-bond acceptors (Lipinski definition) is 2. The van der Waals surface area contributed by atoms with Crippen molar-refractivity contribution in [1.29, 1.82) is 0 Å². The summed E-state index contributed by atoms with van der Waals surface area (Å²) in [6, 6.07) is 0. The minimum atomic E-state index is -0.111. The standard InChI is InChI=1S/C9H18O2.Li.H/c1-7(8(10)11-5)6-9(2,3)4;;/h7H,6H2,1-5H3;;. The van der Waals surface area contributed by atoms with Gasteiger partial charge in [-0.3, -0.25) is 4.79 Å². The van der Waals surface area contributed by atoms with Crippen molar-refractivity contribution in [3.8, 4) is 0 Å². The first-order chi connectivity index (χ1) is 4.87. The Labute approximate surface area is 87.2 Å². The third kappa shape index (κ3) is 6.76. The Morgan fingerprint density at radius 1 is 1.42 bits per heavy atom. The Hall–Kier alpha value is 0.0674. The van der Waals surface area contributed by atoms with E-state index in [2.05, 4.69) is 25.5 Å². The molecule has 0 aromatic heterocycles. The van der Waals surface area contributed by atoms with Crippen LogP contribution in [0.4, 0.5) is 0 Å². The van der Waals surface area contributed by atoms with E-state index in [9.17, 15) is 4.79 Å². The second-order valence-electron chi connectivity index (χ2n) is 4.19. The summed E-state index contributed by atoms with van der Waals surface area (Å²) in [5, 5.41) is 0.